The number of aromatic nitrogens is 2. The molecule has 6 nitrogen and oxygen atoms in total. The average molecular weight is 481 g/mol. The van der Waals surface area contributed by atoms with Crippen molar-refractivity contribution in [2.75, 3.05) is 13.1 Å². The van der Waals surface area contributed by atoms with Crippen molar-refractivity contribution in [1.82, 2.24) is 20.4 Å². The molecule has 1 aromatic heterocycles. The molecule has 1 saturated heterocycles. The molecule has 2 aromatic carbocycles. The topological polar surface area (TPSA) is 71.3 Å². The summed E-state index contributed by atoms with van der Waals surface area (Å²) in [6.07, 6.45) is 2.56. The maximum Gasteiger partial charge on any atom is 0.241 e. The molecule has 180 valence electrons. The van der Waals surface area contributed by atoms with Crippen LogP contribution in [-0.4, -0.2) is 40.1 Å². The van der Waals surface area contributed by atoms with E-state index in [0.717, 1.165) is 37.9 Å². The third-order valence-electron chi connectivity index (χ3n) is 6.63. The minimum absolute atomic E-state index is 0.00529. The predicted molar refractivity (Wildman–Crippen MR) is 134 cm³/mol. The molecule has 2 heterocycles. The molecule has 1 amide bonds. The van der Waals surface area contributed by atoms with E-state index >= 15 is 0 Å². The van der Waals surface area contributed by atoms with Gasteiger partial charge in [-0.1, -0.05) is 73.1 Å². The van der Waals surface area contributed by atoms with E-state index in [1.807, 2.05) is 30.3 Å². The van der Waals surface area contributed by atoms with E-state index in [-0.39, 0.29) is 23.3 Å². The van der Waals surface area contributed by atoms with Crippen molar-refractivity contribution in [3.05, 3.63) is 71.1 Å². The van der Waals surface area contributed by atoms with E-state index in [1.54, 1.807) is 0 Å². The number of hydrogen-bond acceptors (Lipinski definition) is 5. The third kappa shape index (κ3) is 6.24. The van der Waals surface area contributed by atoms with Crippen molar-refractivity contribution in [2.45, 2.75) is 58.0 Å². The number of nitrogens with one attached hydrogen (secondary N) is 1. The van der Waals surface area contributed by atoms with Crippen molar-refractivity contribution < 1.29 is 9.32 Å². The monoisotopic (exact) mass is 480 g/mol. The lowest BCUT2D eigenvalue weighted by Crippen LogP contribution is -2.44. The third-order valence-corrected chi connectivity index (χ3v) is 6.86. The standard InChI is InChI=1S/C27H33ClN4O2/c1-19(17-27(2,3)22-9-5-4-6-10-22)29-26(33)20-12-14-32(15-13-20)18-24-30-25(31-34-24)21-8-7-11-23(28)16-21/h4-11,16,19-20H,12-15,17-18H2,1-3H3,(H,29,33). The Hall–Kier alpha value is -2.70. The summed E-state index contributed by atoms with van der Waals surface area (Å²) in [6, 6.07) is 18.0. The Morgan fingerprint density at radius 1 is 1.18 bits per heavy atom. The molecule has 0 saturated carbocycles. The van der Waals surface area contributed by atoms with E-state index in [0.29, 0.717) is 23.3 Å². The molecule has 1 fully saturated rings. The molecule has 1 unspecified atom stereocenters. The van der Waals surface area contributed by atoms with Crippen LogP contribution in [0.5, 0.6) is 0 Å². The smallest absolute Gasteiger partial charge is 0.241 e. The Morgan fingerprint density at radius 2 is 1.91 bits per heavy atom. The molecule has 34 heavy (non-hydrogen) atoms. The SMILES string of the molecule is CC(CC(C)(C)c1ccccc1)NC(=O)C1CCN(Cc2nc(-c3cccc(Cl)c3)no2)CC1. The first-order valence-electron chi connectivity index (χ1n) is 12.0. The number of nitrogens with zero attached hydrogens (tertiary/aromatic N) is 3. The Morgan fingerprint density at radius 3 is 2.62 bits per heavy atom. The lowest BCUT2D eigenvalue weighted by atomic mass is 9.79. The zero-order valence-electron chi connectivity index (χ0n) is 20.1. The number of piperidine rings is 1. The number of carbonyl (C=O) groups excluding carboxylic acids is 1. The fraction of sp³-hybridized carbons (Fsp3) is 0.444. The maximum atomic E-state index is 12.9. The second kappa shape index (κ2) is 10.7. The minimum atomic E-state index is 0.00529. The number of halogens is 1. The quantitative estimate of drug-likeness (QED) is 0.462. The van der Waals surface area contributed by atoms with E-state index in [4.69, 9.17) is 16.1 Å². The lowest BCUT2D eigenvalue weighted by molar-refractivity contribution is -0.127. The van der Waals surface area contributed by atoms with Crippen LogP contribution in [0.15, 0.2) is 59.1 Å². The number of rotatable bonds is 8. The van der Waals surface area contributed by atoms with E-state index < -0.39 is 0 Å². The van der Waals surface area contributed by atoms with Gasteiger partial charge in [0.1, 0.15) is 0 Å². The van der Waals surface area contributed by atoms with Gasteiger partial charge in [0.2, 0.25) is 17.6 Å². The van der Waals surface area contributed by atoms with Crippen molar-refractivity contribution in [3.63, 3.8) is 0 Å². The summed E-state index contributed by atoms with van der Waals surface area (Å²) < 4.78 is 5.45. The Bertz CT molecular complexity index is 1090. The highest BCUT2D eigenvalue weighted by Gasteiger charge is 2.29. The molecular weight excluding hydrogens is 448 g/mol. The highest BCUT2D eigenvalue weighted by atomic mass is 35.5. The zero-order valence-corrected chi connectivity index (χ0v) is 20.9. The van der Waals surface area contributed by atoms with Crippen molar-refractivity contribution in [2.24, 2.45) is 5.92 Å². The van der Waals surface area contributed by atoms with Crippen LogP contribution in [-0.2, 0) is 16.8 Å². The van der Waals surface area contributed by atoms with Gasteiger partial charge in [-0.05, 0) is 62.4 Å². The number of amides is 1. The van der Waals surface area contributed by atoms with Crippen LogP contribution in [0, 0.1) is 5.92 Å². The van der Waals surface area contributed by atoms with Gasteiger partial charge in [-0.2, -0.15) is 4.98 Å². The van der Waals surface area contributed by atoms with Gasteiger partial charge in [-0.25, -0.2) is 0 Å². The molecular formula is C27H33ClN4O2. The van der Waals surface area contributed by atoms with Gasteiger partial charge in [0.05, 0.1) is 6.54 Å². The molecule has 1 aliphatic heterocycles. The van der Waals surface area contributed by atoms with Crippen LogP contribution < -0.4 is 5.32 Å². The zero-order chi connectivity index (χ0) is 24.1. The summed E-state index contributed by atoms with van der Waals surface area (Å²) in [6.45, 7) is 8.82. The van der Waals surface area contributed by atoms with Crippen LogP contribution in [0.4, 0.5) is 0 Å². The first kappa shape index (κ1) is 24.4. The van der Waals surface area contributed by atoms with Gasteiger partial charge in [-0.3, -0.25) is 9.69 Å². The Kier molecular flexibility index (Phi) is 7.69. The average Bonchev–Trinajstić information content (AvgIpc) is 3.28. The van der Waals surface area contributed by atoms with E-state index in [9.17, 15) is 4.79 Å². The van der Waals surface area contributed by atoms with Gasteiger partial charge in [0.25, 0.3) is 0 Å². The van der Waals surface area contributed by atoms with Crippen molar-refractivity contribution in [1.29, 1.82) is 0 Å². The van der Waals surface area contributed by atoms with E-state index in [2.05, 4.69) is 65.4 Å². The largest absolute Gasteiger partial charge is 0.353 e. The normalized spacial score (nSPS) is 16.4. The Balaban J connectivity index is 1.24. The van der Waals surface area contributed by atoms with Crippen LogP contribution >= 0.6 is 11.6 Å². The van der Waals surface area contributed by atoms with Gasteiger partial charge >= 0.3 is 0 Å². The fourth-order valence-electron chi connectivity index (χ4n) is 4.79. The summed E-state index contributed by atoms with van der Waals surface area (Å²) in [5.41, 5.74) is 2.14. The van der Waals surface area contributed by atoms with Crippen molar-refractivity contribution >= 4 is 17.5 Å². The second-order valence-corrected chi connectivity index (χ2v) is 10.4. The summed E-state index contributed by atoms with van der Waals surface area (Å²) in [5.74, 6) is 1.33. The summed E-state index contributed by atoms with van der Waals surface area (Å²) >= 11 is 6.06. The second-order valence-electron chi connectivity index (χ2n) is 9.94. The molecule has 1 atom stereocenters. The van der Waals surface area contributed by atoms with Crippen molar-refractivity contribution in [3.8, 4) is 11.4 Å². The molecule has 4 rings (SSSR count). The first-order valence-corrected chi connectivity index (χ1v) is 12.3. The first-order chi connectivity index (χ1) is 16.3. The number of likely N-dealkylation sites (tertiary alicyclic amines) is 1. The van der Waals surface area contributed by atoms with Gasteiger partial charge < -0.3 is 9.84 Å². The molecule has 0 bridgehead atoms. The molecule has 1 N–H and O–H groups in total. The van der Waals surface area contributed by atoms with Gasteiger partial charge in [0.15, 0.2) is 0 Å². The lowest BCUT2D eigenvalue weighted by Gasteiger charge is -2.32. The summed E-state index contributed by atoms with van der Waals surface area (Å²) in [5, 5.41) is 7.98. The minimum Gasteiger partial charge on any atom is -0.353 e. The van der Waals surface area contributed by atoms with Gasteiger partial charge in [0, 0.05) is 22.5 Å². The fourth-order valence-corrected chi connectivity index (χ4v) is 4.98. The van der Waals surface area contributed by atoms with Crippen LogP contribution in [0.25, 0.3) is 11.4 Å². The molecule has 0 spiro atoms. The van der Waals surface area contributed by atoms with Gasteiger partial charge in [-0.15, -0.1) is 0 Å². The summed E-state index contributed by atoms with van der Waals surface area (Å²) in [4.78, 5) is 19.7. The molecule has 0 radical (unpaired) electrons. The number of carbonyl (C=O) groups is 1. The van der Waals surface area contributed by atoms with Crippen LogP contribution in [0.1, 0.15) is 51.5 Å². The van der Waals surface area contributed by atoms with Crippen LogP contribution in [0.3, 0.4) is 0 Å². The highest BCUT2D eigenvalue weighted by Crippen LogP contribution is 2.28. The van der Waals surface area contributed by atoms with E-state index in [1.165, 1.54) is 5.56 Å². The van der Waals surface area contributed by atoms with Crippen LogP contribution in [0.2, 0.25) is 5.02 Å². The highest BCUT2D eigenvalue weighted by molar-refractivity contribution is 6.30. The number of benzene rings is 2. The molecule has 1 aliphatic rings. The number of hydrogen-bond donors (Lipinski definition) is 1. The molecule has 3 aromatic rings. The predicted octanol–water partition coefficient (Wildman–Crippen LogP) is 5.47. The maximum absolute atomic E-state index is 12.9. The molecule has 7 heteroatoms. The molecule has 0 aliphatic carbocycles. The summed E-state index contributed by atoms with van der Waals surface area (Å²) in [7, 11) is 0. The Labute approximate surface area is 206 Å².